The summed E-state index contributed by atoms with van der Waals surface area (Å²) in [6.45, 7) is 2.73. The van der Waals surface area contributed by atoms with Crippen LogP contribution in [0, 0.1) is 11.3 Å². The number of thiol groups is 1. The molecule has 3 rings (SSSR count). The van der Waals surface area contributed by atoms with Crippen LogP contribution in [0.1, 0.15) is 44.9 Å². The van der Waals surface area contributed by atoms with Crippen molar-refractivity contribution < 1.29 is 0 Å². The van der Waals surface area contributed by atoms with Gasteiger partial charge in [0, 0.05) is 12.6 Å². The van der Waals surface area contributed by atoms with Gasteiger partial charge in [0.2, 0.25) is 0 Å². The molecule has 0 aromatic rings. The zero-order valence-electron chi connectivity index (χ0n) is 9.62. The highest BCUT2D eigenvalue weighted by Gasteiger charge is 2.45. The summed E-state index contributed by atoms with van der Waals surface area (Å²) < 4.78 is 0. The molecule has 15 heavy (non-hydrogen) atoms. The molecule has 0 radical (unpaired) electrons. The summed E-state index contributed by atoms with van der Waals surface area (Å²) in [6, 6.07) is 0.955. The third-order valence-corrected chi connectivity index (χ3v) is 5.61. The molecule has 1 aliphatic heterocycles. The molecule has 0 amide bonds. The normalized spacial score (nSPS) is 39.0. The average Bonchev–Trinajstić information content (AvgIpc) is 2.87. The van der Waals surface area contributed by atoms with Gasteiger partial charge in [-0.15, -0.1) is 0 Å². The van der Waals surface area contributed by atoms with Gasteiger partial charge in [0.15, 0.2) is 0 Å². The van der Waals surface area contributed by atoms with Crippen molar-refractivity contribution in [2.24, 2.45) is 11.3 Å². The molecule has 0 spiro atoms. The second-order valence-corrected chi connectivity index (χ2v) is 6.35. The van der Waals surface area contributed by atoms with Crippen molar-refractivity contribution in [1.82, 2.24) is 4.90 Å². The Morgan fingerprint density at radius 3 is 2.67 bits per heavy atom. The number of likely N-dealkylation sites (tertiary alicyclic amines) is 1. The van der Waals surface area contributed by atoms with Crippen LogP contribution in [0.25, 0.3) is 0 Å². The van der Waals surface area contributed by atoms with Gasteiger partial charge >= 0.3 is 0 Å². The van der Waals surface area contributed by atoms with E-state index < -0.39 is 0 Å². The van der Waals surface area contributed by atoms with E-state index >= 15 is 0 Å². The molecule has 0 N–H and O–H groups in total. The third-order valence-electron chi connectivity index (χ3n) is 4.94. The minimum Gasteiger partial charge on any atom is -0.300 e. The smallest absolute Gasteiger partial charge is 0.0124 e. The van der Waals surface area contributed by atoms with E-state index in [-0.39, 0.29) is 0 Å². The van der Waals surface area contributed by atoms with Gasteiger partial charge in [0.1, 0.15) is 0 Å². The van der Waals surface area contributed by atoms with Crippen molar-refractivity contribution in [2.75, 3.05) is 18.8 Å². The van der Waals surface area contributed by atoms with Gasteiger partial charge in [-0.25, -0.2) is 0 Å². The predicted molar refractivity (Wildman–Crippen MR) is 67.5 cm³/mol. The topological polar surface area (TPSA) is 3.24 Å². The highest BCUT2D eigenvalue weighted by atomic mass is 32.1. The summed E-state index contributed by atoms with van der Waals surface area (Å²) in [5, 5.41) is 0. The largest absolute Gasteiger partial charge is 0.300 e. The molecule has 0 aromatic heterocycles. The average molecular weight is 225 g/mol. The highest BCUT2D eigenvalue weighted by molar-refractivity contribution is 7.80. The second kappa shape index (κ2) is 3.96. The first kappa shape index (κ1) is 10.5. The lowest BCUT2D eigenvalue weighted by Crippen LogP contribution is -2.45. The van der Waals surface area contributed by atoms with Crippen LogP contribution in [0.15, 0.2) is 0 Å². The van der Waals surface area contributed by atoms with E-state index in [0.29, 0.717) is 5.41 Å². The fourth-order valence-corrected chi connectivity index (χ4v) is 4.14. The van der Waals surface area contributed by atoms with Crippen LogP contribution in [-0.2, 0) is 0 Å². The van der Waals surface area contributed by atoms with Crippen molar-refractivity contribution in [3.8, 4) is 0 Å². The quantitative estimate of drug-likeness (QED) is 0.723. The lowest BCUT2D eigenvalue weighted by molar-refractivity contribution is 0.0937. The number of hydrogen-bond acceptors (Lipinski definition) is 2. The van der Waals surface area contributed by atoms with Crippen LogP contribution in [0.3, 0.4) is 0 Å². The fraction of sp³-hybridized carbons (Fsp3) is 1.00. The highest BCUT2D eigenvalue weighted by Crippen LogP contribution is 2.49. The summed E-state index contributed by atoms with van der Waals surface area (Å²) in [5.41, 5.74) is 0.633. The molecule has 0 aromatic carbocycles. The van der Waals surface area contributed by atoms with Crippen LogP contribution in [-0.4, -0.2) is 29.8 Å². The van der Waals surface area contributed by atoms with Crippen molar-refractivity contribution in [2.45, 2.75) is 51.0 Å². The summed E-state index contributed by atoms with van der Waals surface area (Å²) in [4.78, 5) is 2.82. The zero-order chi connectivity index (χ0) is 10.3. The van der Waals surface area contributed by atoms with Crippen LogP contribution >= 0.6 is 12.6 Å². The van der Waals surface area contributed by atoms with E-state index in [9.17, 15) is 0 Å². The Hall–Kier alpha value is 0.310. The predicted octanol–water partition coefficient (Wildman–Crippen LogP) is 2.96. The molecule has 1 saturated heterocycles. The Bertz CT molecular complexity index is 237. The van der Waals surface area contributed by atoms with E-state index in [1.807, 2.05) is 0 Å². The molecular weight excluding hydrogens is 202 g/mol. The van der Waals surface area contributed by atoms with Gasteiger partial charge in [-0.2, -0.15) is 12.6 Å². The molecule has 86 valence electrons. The molecule has 3 aliphatic rings. The number of rotatable bonds is 3. The summed E-state index contributed by atoms with van der Waals surface area (Å²) in [5.74, 6) is 2.16. The van der Waals surface area contributed by atoms with E-state index in [1.165, 1.54) is 58.0 Å². The van der Waals surface area contributed by atoms with Crippen molar-refractivity contribution in [1.29, 1.82) is 0 Å². The SMILES string of the molecule is SCC1(CN2CCCC3CCCC32)CC1. The van der Waals surface area contributed by atoms with E-state index in [2.05, 4.69) is 17.5 Å². The van der Waals surface area contributed by atoms with Gasteiger partial charge in [-0.1, -0.05) is 6.42 Å². The fourth-order valence-electron chi connectivity index (χ4n) is 3.73. The molecular formula is C13H23NS. The van der Waals surface area contributed by atoms with E-state index in [1.54, 1.807) is 0 Å². The maximum absolute atomic E-state index is 4.53. The van der Waals surface area contributed by atoms with Gasteiger partial charge in [0.05, 0.1) is 0 Å². The lowest BCUT2D eigenvalue weighted by atomic mass is 9.91. The maximum Gasteiger partial charge on any atom is 0.0124 e. The molecule has 2 unspecified atom stereocenters. The number of nitrogens with zero attached hydrogens (tertiary/aromatic N) is 1. The first-order chi connectivity index (χ1) is 7.33. The Kier molecular flexibility index (Phi) is 2.76. The molecule has 2 saturated carbocycles. The van der Waals surface area contributed by atoms with E-state index in [0.717, 1.165) is 17.7 Å². The Morgan fingerprint density at radius 1 is 1.13 bits per heavy atom. The molecule has 3 fully saturated rings. The molecule has 2 atom stereocenters. The monoisotopic (exact) mass is 225 g/mol. The van der Waals surface area contributed by atoms with Crippen molar-refractivity contribution in [3.63, 3.8) is 0 Å². The standard InChI is InChI=1S/C13H23NS/c15-10-13(6-7-13)9-14-8-2-4-11-3-1-5-12(11)14/h11-12,15H,1-10H2. The minimum atomic E-state index is 0.633. The minimum absolute atomic E-state index is 0.633. The number of hydrogen-bond donors (Lipinski definition) is 1. The maximum atomic E-state index is 4.53. The van der Waals surface area contributed by atoms with Crippen LogP contribution in [0.2, 0.25) is 0 Å². The number of piperidine rings is 1. The Morgan fingerprint density at radius 2 is 1.93 bits per heavy atom. The summed E-state index contributed by atoms with van der Waals surface area (Å²) in [7, 11) is 0. The molecule has 1 nitrogen and oxygen atoms in total. The van der Waals surface area contributed by atoms with Gasteiger partial charge in [-0.05, 0) is 62.2 Å². The van der Waals surface area contributed by atoms with Crippen molar-refractivity contribution >= 4 is 12.6 Å². The second-order valence-electron chi connectivity index (χ2n) is 6.03. The summed E-state index contributed by atoms with van der Waals surface area (Å²) in [6.07, 6.45) is 10.3. The van der Waals surface area contributed by atoms with Crippen LogP contribution < -0.4 is 0 Å². The Balaban J connectivity index is 1.64. The van der Waals surface area contributed by atoms with Crippen LogP contribution in [0.4, 0.5) is 0 Å². The van der Waals surface area contributed by atoms with Crippen molar-refractivity contribution in [3.05, 3.63) is 0 Å². The third kappa shape index (κ3) is 1.95. The van der Waals surface area contributed by atoms with Crippen LogP contribution in [0.5, 0.6) is 0 Å². The first-order valence-corrected chi connectivity index (χ1v) is 7.31. The zero-order valence-corrected chi connectivity index (χ0v) is 10.5. The molecule has 2 aliphatic carbocycles. The van der Waals surface area contributed by atoms with Gasteiger partial charge in [0.25, 0.3) is 0 Å². The number of fused-ring (bicyclic) bond motifs is 1. The van der Waals surface area contributed by atoms with Gasteiger partial charge in [-0.3, -0.25) is 4.90 Å². The summed E-state index contributed by atoms with van der Waals surface area (Å²) >= 11 is 4.53. The van der Waals surface area contributed by atoms with E-state index in [4.69, 9.17) is 0 Å². The Labute approximate surface area is 99.0 Å². The lowest BCUT2D eigenvalue weighted by Gasteiger charge is -2.39. The molecule has 0 bridgehead atoms. The van der Waals surface area contributed by atoms with Gasteiger partial charge < -0.3 is 0 Å². The molecule has 1 heterocycles. The molecule has 2 heteroatoms. The first-order valence-electron chi connectivity index (χ1n) is 6.68.